The summed E-state index contributed by atoms with van der Waals surface area (Å²) in [6.07, 6.45) is 7.04. The molecule has 0 unspecified atom stereocenters. The number of aromatic nitrogens is 6. The molecule has 34 heavy (non-hydrogen) atoms. The first kappa shape index (κ1) is 20.6. The third-order valence-electron chi connectivity index (χ3n) is 6.55. The summed E-state index contributed by atoms with van der Waals surface area (Å²) in [5.41, 5.74) is 2.78. The Hall–Kier alpha value is -4.01. The van der Waals surface area contributed by atoms with Crippen molar-refractivity contribution in [3.63, 3.8) is 0 Å². The maximum Gasteiger partial charge on any atom is 0.254 e. The molecule has 1 aliphatic rings. The predicted molar refractivity (Wildman–Crippen MR) is 126 cm³/mol. The quantitative estimate of drug-likeness (QED) is 0.400. The lowest BCUT2D eigenvalue weighted by atomic mass is 9.95. The minimum atomic E-state index is -0.00642. The van der Waals surface area contributed by atoms with Gasteiger partial charge in [-0.15, -0.1) is 10.2 Å². The summed E-state index contributed by atoms with van der Waals surface area (Å²) < 4.78 is 9.48. The second-order valence-corrected chi connectivity index (χ2v) is 9.01. The summed E-state index contributed by atoms with van der Waals surface area (Å²) in [5, 5.41) is 14.0. The minimum Gasteiger partial charge on any atom is -0.463 e. The zero-order valence-corrected chi connectivity index (χ0v) is 19.1. The van der Waals surface area contributed by atoms with Crippen molar-refractivity contribution in [3.05, 3.63) is 66.4 Å². The number of nitrogens with zero attached hydrogens (tertiary/aromatic N) is 7. The number of rotatable bonds is 4. The van der Waals surface area contributed by atoms with Gasteiger partial charge >= 0.3 is 0 Å². The van der Waals surface area contributed by atoms with Crippen molar-refractivity contribution in [2.24, 2.45) is 0 Å². The number of carbonyl (C=O) groups is 1. The van der Waals surface area contributed by atoms with Gasteiger partial charge < -0.3 is 9.32 Å². The van der Waals surface area contributed by atoms with Crippen LogP contribution in [0.4, 0.5) is 0 Å². The first-order valence-corrected chi connectivity index (χ1v) is 11.6. The molecule has 0 spiro atoms. The summed E-state index contributed by atoms with van der Waals surface area (Å²) >= 11 is 0. The van der Waals surface area contributed by atoms with Crippen LogP contribution in [0.25, 0.3) is 28.1 Å². The maximum atomic E-state index is 13.7. The van der Waals surface area contributed by atoms with E-state index in [1.54, 1.807) is 12.5 Å². The van der Waals surface area contributed by atoms with Crippen LogP contribution in [0, 0.1) is 0 Å². The fourth-order valence-electron chi connectivity index (χ4n) is 4.77. The van der Waals surface area contributed by atoms with Crippen molar-refractivity contribution >= 4 is 22.6 Å². The first-order valence-electron chi connectivity index (χ1n) is 11.6. The molecule has 1 aliphatic heterocycles. The molecule has 1 saturated heterocycles. The number of hydrogen-bond acceptors (Lipinski definition) is 6. The summed E-state index contributed by atoms with van der Waals surface area (Å²) in [5.74, 6) is 1.85. The van der Waals surface area contributed by atoms with Crippen molar-refractivity contribution < 1.29 is 9.21 Å². The molecule has 0 aromatic carbocycles. The van der Waals surface area contributed by atoms with E-state index in [0.29, 0.717) is 35.8 Å². The fourth-order valence-corrected chi connectivity index (χ4v) is 4.77. The normalized spacial score (nSPS) is 15.1. The first-order chi connectivity index (χ1) is 16.6. The van der Waals surface area contributed by atoms with E-state index in [1.165, 1.54) is 0 Å². The molecule has 0 bridgehead atoms. The van der Waals surface area contributed by atoms with E-state index in [2.05, 4.69) is 15.3 Å². The van der Waals surface area contributed by atoms with Crippen LogP contribution < -0.4 is 0 Å². The highest BCUT2D eigenvalue weighted by Crippen LogP contribution is 2.31. The molecule has 1 amide bonds. The van der Waals surface area contributed by atoms with E-state index in [1.807, 2.05) is 70.4 Å². The molecule has 0 N–H and O–H groups in total. The second-order valence-electron chi connectivity index (χ2n) is 9.01. The average molecular weight is 456 g/mol. The molecule has 0 atom stereocenters. The number of likely N-dealkylation sites (tertiary alicyclic amines) is 1. The molecular formula is C25H25N7O2. The van der Waals surface area contributed by atoms with Gasteiger partial charge in [0.15, 0.2) is 17.1 Å². The van der Waals surface area contributed by atoms with Gasteiger partial charge in [-0.3, -0.25) is 9.20 Å². The van der Waals surface area contributed by atoms with E-state index in [0.717, 1.165) is 29.7 Å². The fraction of sp³-hybridized carbons (Fsp3) is 0.320. The van der Waals surface area contributed by atoms with Crippen LogP contribution >= 0.6 is 0 Å². The Bertz CT molecular complexity index is 1470. The van der Waals surface area contributed by atoms with Crippen LogP contribution in [0.3, 0.4) is 0 Å². The van der Waals surface area contributed by atoms with Crippen molar-refractivity contribution in [3.8, 4) is 11.5 Å². The maximum absolute atomic E-state index is 13.7. The lowest BCUT2D eigenvalue weighted by Gasteiger charge is -2.31. The summed E-state index contributed by atoms with van der Waals surface area (Å²) in [6.45, 7) is 5.41. The molecule has 6 rings (SSSR count). The zero-order chi connectivity index (χ0) is 23.2. The molecule has 9 nitrogen and oxygen atoms in total. The highest BCUT2D eigenvalue weighted by molar-refractivity contribution is 6.06. The van der Waals surface area contributed by atoms with Crippen LogP contribution in [0.1, 0.15) is 54.8 Å². The Balaban J connectivity index is 1.31. The SMILES string of the molecule is CC(C)n1ncc2c(C(=O)N3CCC(c4nnc5ccccn45)CC3)cc(-c3ccco3)nc21. The molecule has 0 saturated carbocycles. The topological polar surface area (TPSA) is 94.4 Å². The number of carbonyl (C=O) groups excluding carboxylic acids is 1. The smallest absolute Gasteiger partial charge is 0.254 e. The van der Waals surface area contributed by atoms with Gasteiger partial charge in [0, 0.05) is 31.2 Å². The van der Waals surface area contributed by atoms with Crippen molar-refractivity contribution in [1.82, 2.24) is 34.3 Å². The number of amides is 1. The second kappa shape index (κ2) is 8.09. The molecule has 1 fully saturated rings. The number of piperidine rings is 1. The van der Waals surface area contributed by atoms with Crippen molar-refractivity contribution in [1.29, 1.82) is 0 Å². The number of fused-ring (bicyclic) bond motifs is 2. The lowest BCUT2D eigenvalue weighted by molar-refractivity contribution is 0.0713. The molecule has 172 valence electrons. The molecule has 9 heteroatoms. The number of hydrogen-bond donors (Lipinski definition) is 0. The number of pyridine rings is 2. The van der Waals surface area contributed by atoms with Gasteiger partial charge in [-0.05, 0) is 57.0 Å². The highest BCUT2D eigenvalue weighted by Gasteiger charge is 2.29. The van der Waals surface area contributed by atoms with E-state index in [-0.39, 0.29) is 17.9 Å². The monoisotopic (exact) mass is 455 g/mol. The van der Waals surface area contributed by atoms with Gasteiger partial charge in [0.2, 0.25) is 0 Å². The Kier molecular flexibility index (Phi) is 4.90. The van der Waals surface area contributed by atoms with Crippen LogP contribution in [0.15, 0.2) is 59.5 Å². The number of furan rings is 1. The predicted octanol–water partition coefficient (Wildman–Crippen LogP) is 4.33. The Labute approximate surface area is 196 Å². The summed E-state index contributed by atoms with van der Waals surface area (Å²) in [6, 6.07) is 11.5. The molecular weight excluding hydrogens is 430 g/mol. The van der Waals surface area contributed by atoms with Gasteiger partial charge in [-0.25, -0.2) is 9.67 Å². The van der Waals surface area contributed by atoms with Crippen LogP contribution in [-0.4, -0.2) is 53.3 Å². The van der Waals surface area contributed by atoms with Crippen molar-refractivity contribution in [2.45, 2.75) is 38.6 Å². The summed E-state index contributed by atoms with van der Waals surface area (Å²) in [7, 11) is 0. The largest absolute Gasteiger partial charge is 0.463 e. The molecule has 0 aliphatic carbocycles. The zero-order valence-electron chi connectivity index (χ0n) is 19.1. The van der Waals surface area contributed by atoms with Crippen LogP contribution in [0.2, 0.25) is 0 Å². The molecule has 6 heterocycles. The summed E-state index contributed by atoms with van der Waals surface area (Å²) in [4.78, 5) is 20.4. The molecule has 5 aromatic rings. The Morgan fingerprint density at radius 2 is 1.97 bits per heavy atom. The third kappa shape index (κ3) is 3.35. The van der Waals surface area contributed by atoms with Gasteiger partial charge in [0.1, 0.15) is 11.5 Å². The molecule has 5 aromatic heterocycles. The Morgan fingerprint density at radius 3 is 2.74 bits per heavy atom. The van der Waals surface area contributed by atoms with Crippen LogP contribution in [0.5, 0.6) is 0 Å². The van der Waals surface area contributed by atoms with Gasteiger partial charge in [-0.1, -0.05) is 6.07 Å². The Morgan fingerprint density at radius 1 is 1.12 bits per heavy atom. The average Bonchev–Trinajstić information content (AvgIpc) is 3.62. The minimum absolute atomic E-state index is 0.00642. The lowest BCUT2D eigenvalue weighted by Crippen LogP contribution is -2.38. The molecule has 0 radical (unpaired) electrons. The third-order valence-corrected chi connectivity index (χ3v) is 6.55. The van der Waals surface area contributed by atoms with E-state index in [4.69, 9.17) is 9.40 Å². The van der Waals surface area contributed by atoms with Gasteiger partial charge in [0.25, 0.3) is 5.91 Å². The van der Waals surface area contributed by atoms with Crippen molar-refractivity contribution in [2.75, 3.05) is 13.1 Å². The highest BCUT2D eigenvalue weighted by atomic mass is 16.3. The van der Waals surface area contributed by atoms with E-state index < -0.39 is 0 Å². The van der Waals surface area contributed by atoms with Gasteiger partial charge in [0.05, 0.1) is 23.4 Å². The van der Waals surface area contributed by atoms with Crippen LogP contribution in [-0.2, 0) is 0 Å². The van der Waals surface area contributed by atoms with E-state index >= 15 is 0 Å². The van der Waals surface area contributed by atoms with E-state index in [9.17, 15) is 4.79 Å². The van der Waals surface area contributed by atoms with Gasteiger partial charge in [-0.2, -0.15) is 5.10 Å². The standard InChI is InChI=1S/C25H25N7O2/c1-16(2)32-24-19(15-26-32)18(14-20(27-24)21-6-5-13-34-21)25(33)30-11-8-17(9-12-30)23-29-28-22-7-3-4-10-31(22)23/h3-7,10,13-17H,8-9,11-12H2,1-2H3.